The number of benzene rings is 2. The van der Waals surface area contributed by atoms with Crippen molar-refractivity contribution in [2.75, 3.05) is 18.4 Å². The van der Waals surface area contributed by atoms with Crippen molar-refractivity contribution in [1.29, 1.82) is 0 Å². The summed E-state index contributed by atoms with van der Waals surface area (Å²) in [5, 5.41) is 3.54. The summed E-state index contributed by atoms with van der Waals surface area (Å²) in [5.74, 6) is -0.581. The Morgan fingerprint density at radius 2 is 1.97 bits per heavy atom. The Hall–Kier alpha value is -2.97. The van der Waals surface area contributed by atoms with Gasteiger partial charge < -0.3 is 10.3 Å². The number of nitrogens with one attached hydrogen (secondary N) is 2. The van der Waals surface area contributed by atoms with E-state index in [1.54, 1.807) is 18.2 Å². The van der Waals surface area contributed by atoms with Gasteiger partial charge in [0.1, 0.15) is 0 Å². The lowest BCUT2D eigenvalue weighted by molar-refractivity contribution is -0.120. The molecule has 3 aromatic rings. The topological polar surface area (TPSA) is 99.3 Å². The molecule has 156 valence electrons. The number of aryl methyl sites for hydroxylation is 1. The number of aromatic nitrogens is 1. The van der Waals surface area contributed by atoms with E-state index < -0.39 is 15.9 Å². The predicted molar refractivity (Wildman–Crippen MR) is 116 cm³/mol. The van der Waals surface area contributed by atoms with Gasteiger partial charge in [-0.05, 0) is 67.1 Å². The highest BCUT2D eigenvalue weighted by Gasteiger charge is 2.33. The van der Waals surface area contributed by atoms with E-state index in [4.69, 9.17) is 0 Å². The van der Waals surface area contributed by atoms with Gasteiger partial charge in [-0.2, -0.15) is 4.31 Å². The van der Waals surface area contributed by atoms with E-state index >= 15 is 0 Å². The maximum Gasteiger partial charge on any atom is 0.248 e. The van der Waals surface area contributed by atoms with E-state index in [0.717, 1.165) is 5.56 Å². The average Bonchev–Trinajstić information content (AvgIpc) is 2.73. The SMILES string of the molecule is Cc1cccc(NC(=O)[C@H]2CCCN(S(=O)(=O)c3ccc4[nH]c(=O)ccc4c3)C2)c1. The van der Waals surface area contributed by atoms with Gasteiger partial charge in [0.15, 0.2) is 0 Å². The number of piperidine rings is 1. The second-order valence-electron chi connectivity index (χ2n) is 7.63. The van der Waals surface area contributed by atoms with Crippen molar-refractivity contribution in [2.24, 2.45) is 5.92 Å². The maximum absolute atomic E-state index is 13.2. The number of nitrogens with zero attached hydrogens (tertiary/aromatic N) is 1. The Balaban J connectivity index is 1.53. The lowest BCUT2D eigenvalue weighted by Gasteiger charge is -2.31. The molecule has 0 radical (unpaired) electrons. The fourth-order valence-electron chi connectivity index (χ4n) is 3.78. The summed E-state index contributed by atoms with van der Waals surface area (Å²) >= 11 is 0. The van der Waals surface area contributed by atoms with E-state index in [1.807, 2.05) is 31.2 Å². The summed E-state index contributed by atoms with van der Waals surface area (Å²) in [4.78, 5) is 27.0. The van der Waals surface area contributed by atoms with Crippen LogP contribution in [0.5, 0.6) is 0 Å². The third-order valence-electron chi connectivity index (χ3n) is 5.37. The number of fused-ring (bicyclic) bond motifs is 1. The van der Waals surface area contributed by atoms with Crippen LogP contribution in [-0.4, -0.2) is 36.7 Å². The Bertz CT molecular complexity index is 1270. The zero-order valence-electron chi connectivity index (χ0n) is 16.6. The maximum atomic E-state index is 13.2. The largest absolute Gasteiger partial charge is 0.326 e. The highest BCUT2D eigenvalue weighted by molar-refractivity contribution is 7.89. The van der Waals surface area contributed by atoms with E-state index in [2.05, 4.69) is 10.3 Å². The zero-order chi connectivity index (χ0) is 21.3. The van der Waals surface area contributed by atoms with Crippen molar-refractivity contribution in [3.63, 3.8) is 0 Å². The molecule has 1 amide bonds. The molecule has 30 heavy (non-hydrogen) atoms. The number of hydrogen-bond donors (Lipinski definition) is 2. The van der Waals surface area contributed by atoms with Crippen LogP contribution in [-0.2, 0) is 14.8 Å². The lowest BCUT2D eigenvalue weighted by atomic mass is 9.98. The molecule has 1 atom stereocenters. The van der Waals surface area contributed by atoms with E-state index in [1.165, 1.54) is 16.4 Å². The molecule has 1 aromatic heterocycles. The van der Waals surface area contributed by atoms with Gasteiger partial charge in [-0.3, -0.25) is 9.59 Å². The molecule has 2 heterocycles. The van der Waals surface area contributed by atoms with Gasteiger partial charge in [0.2, 0.25) is 21.5 Å². The van der Waals surface area contributed by atoms with Crippen LogP contribution >= 0.6 is 0 Å². The van der Waals surface area contributed by atoms with Gasteiger partial charge in [0.25, 0.3) is 0 Å². The number of sulfonamides is 1. The summed E-state index contributed by atoms with van der Waals surface area (Å²) in [6.45, 7) is 2.47. The Kier molecular flexibility index (Phi) is 5.44. The van der Waals surface area contributed by atoms with Crippen molar-refractivity contribution in [3.8, 4) is 0 Å². The minimum Gasteiger partial charge on any atom is -0.326 e. The van der Waals surface area contributed by atoms with Crippen molar-refractivity contribution < 1.29 is 13.2 Å². The van der Waals surface area contributed by atoms with Crippen LogP contribution in [0.25, 0.3) is 10.9 Å². The number of carbonyl (C=O) groups is 1. The highest BCUT2D eigenvalue weighted by atomic mass is 32.2. The van der Waals surface area contributed by atoms with Crippen LogP contribution in [0.1, 0.15) is 18.4 Å². The van der Waals surface area contributed by atoms with Crippen LogP contribution in [0.15, 0.2) is 64.3 Å². The van der Waals surface area contributed by atoms with Gasteiger partial charge in [0.05, 0.1) is 10.8 Å². The molecule has 7 nitrogen and oxygen atoms in total. The van der Waals surface area contributed by atoms with Gasteiger partial charge in [0, 0.05) is 30.4 Å². The third-order valence-corrected chi connectivity index (χ3v) is 7.23. The van der Waals surface area contributed by atoms with E-state index in [9.17, 15) is 18.0 Å². The number of aromatic amines is 1. The number of H-pyrrole nitrogens is 1. The fourth-order valence-corrected chi connectivity index (χ4v) is 5.34. The molecule has 0 saturated carbocycles. The second-order valence-corrected chi connectivity index (χ2v) is 9.57. The molecule has 1 fully saturated rings. The number of carbonyl (C=O) groups excluding carboxylic acids is 1. The van der Waals surface area contributed by atoms with Crippen LogP contribution in [0.2, 0.25) is 0 Å². The zero-order valence-corrected chi connectivity index (χ0v) is 17.4. The molecular weight excluding hydrogens is 402 g/mol. The van der Waals surface area contributed by atoms with Crippen molar-refractivity contribution in [1.82, 2.24) is 9.29 Å². The van der Waals surface area contributed by atoms with E-state index in [-0.39, 0.29) is 22.9 Å². The van der Waals surface area contributed by atoms with Crippen LogP contribution in [0.4, 0.5) is 5.69 Å². The Morgan fingerprint density at radius 1 is 1.13 bits per heavy atom. The summed E-state index contributed by atoms with van der Waals surface area (Å²) in [7, 11) is -3.75. The summed E-state index contributed by atoms with van der Waals surface area (Å²) in [5.41, 5.74) is 2.09. The monoisotopic (exact) mass is 425 g/mol. The van der Waals surface area contributed by atoms with Crippen LogP contribution in [0.3, 0.4) is 0 Å². The molecule has 2 N–H and O–H groups in total. The number of rotatable bonds is 4. The molecule has 0 bridgehead atoms. The minimum absolute atomic E-state index is 0.143. The number of amides is 1. The molecule has 1 aliphatic rings. The first kappa shape index (κ1) is 20.3. The van der Waals surface area contributed by atoms with E-state index in [0.29, 0.717) is 36.0 Å². The molecule has 4 rings (SSSR count). The third kappa shape index (κ3) is 4.15. The minimum atomic E-state index is -3.75. The molecule has 2 aromatic carbocycles. The Labute approximate surface area is 174 Å². The van der Waals surface area contributed by atoms with Crippen LogP contribution in [0, 0.1) is 12.8 Å². The predicted octanol–water partition coefficient (Wildman–Crippen LogP) is 2.88. The lowest BCUT2D eigenvalue weighted by Crippen LogP contribution is -2.43. The first-order valence-corrected chi connectivity index (χ1v) is 11.3. The molecular formula is C22H23N3O4S. The van der Waals surface area contributed by atoms with Gasteiger partial charge in [-0.25, -0.2) is 8.42 Å². The number of anilines is 1. The average molecular weight is 426 g/mol. The summed E-state index contributed by atoms with van der Waals surface area (Å²) in [6, 6.07) is 15.1. The molecule has 0 aliphatic carbocycles. The Morgan fingerprint density at radius 3 is 2.77 bits per heavy atom. The molecule has 8 heteroatoms. The van der Waals surface area contributed by atoms with Crippen LogP contribution < -0.4 is 10.9 Å². The number of pyridine rings is 1. The van der Waals surface area contributed by atoms with Gasteiger partial charge in [-0.15, -0.1) is 0 Å². The quantitative estimate of drug-likeness (QED) is 0.671. The molecule has 0 unspecified atom stereocenters. The standard InChI is InChI=1S/C22H23N3O4S/c1-15-4-2-6-18(12-15)23-22(27)17-5-3-11-25(14-17)30(28,29)19-8-9-20-16(13-19)7-10-21(26)24-20/h2,4,6-10,12-13,17H,3,5,11,14H2,1H3,(H,23,27)(H,24,26)/t17-/m0/s1. The molecule has 0 spiro atoms. The van der Waals surface area contributed by atoms with Gasteiger partial charge >= 0.3 is 0 Å². The smallest absolute Gasteiger partial charge is 0.248 e. The summed E-state index contributed by atoms with van der Waals surface area (Å²) in [6.07, 6.45) is 1.26. The second kappa shape index (κ2) is 8.04. The highest BCUT2D eigenvalue weighted by Crippen LogP contribution is 2.26. The summed E-state index contributed by atoms with van der Waals surface area (Å²) < 4.78 is 27.8. The van der Waals surface area contributed by atoms with Crippen molar-refractivity contribution in [2.45, 2.75) is 24.7 Å². The van der Waals surface area contributed by atoms with Gasteiger partial charge in [-0.1, -0.05) is 12.1 Å². The molecule has 1 saturated heterocycles. The normalized spacial score (nSPS) is 17.7. The van der Waals surface area contributed by atoms with Crippen molar-refractivity contribution in [3.05, 3.63) is 70.5 Å². The fraction of sp³-hybridized carbons (Fsp3) is 0.273. The first-order valence-electron chi connectivity index (χ1n) is 9.84. The number of hydrogen-bond acceptors (Lipinski definition) is 4. The molecule has 1 aliphatic heterocycles. The van der Waals surface area contributed by atoms with Crippen molar-refractivity contribution >= 4 is 32.5 Å². The first-order chi connectivity index (χ1) is 14.3.